The van der Waals surface area contributed by atoms with E-state index in [4.69, 9.17) is 14.2 Å². The number of hydrogen-bond acceptors (Lipinski definition) is 8. The van der Waals surface area contributed by atoms with Crippen molar-refractivity contribution in [2.45, 2.75) is 85.7 Å². The van der Waals surface area contributed by atoms with Gasteiger partial charge in [-0.15, -0.1) is 0 Å². The normalized spacial score (nSPS) is 15.1. The molecule has 0 spiro atoms. The van der Waals surface area contributed by atoms with Crippen LogP contribution in [0.1, 0.15) is 67.9 Å². The minimum Gasteiger partial charge on any atom is -0.444 e. The predicted molar refractivity (Wildman–Crippen MR) is 157 cm³/mol. The second-order valence-corrected chi connectivity index (χ2v) is 13.7. The molecule has 40 heavy (non-hydrogen) atoms. The molecular formula is C29H41BrN4O6. The van der Waals surface area contributed by atoms with Gasteiger partial charge in [0.2, 0.25) is 0 Å². The fraction of sp³-hybridized carbons (Fsp3) is 0.586. The quantitative estimate of drug-likeness (QED) is 0.348. The van der Waals surface area contributed by atoms with E-state index in [1.165, 1.54) is 0 Å². The van der Waals surface area contributed by atoms with Gasteiger partial charge in [-0.05, 0) is 89.9 Å². The highest BCUT2D eigenvalue weighted by Crippen LogP contribution is 2.34. The van der Waals surface area contributed by atoms with Gasteiger partial charge in [-0.2, -0.15) is 4.90 Å². The molecule has 2 heterocycles. The van der Waals surface area contributed by atoms with Crippen LogP contribution in [0.5, 0.6) is 0 Å². The largest absolute Gasteiger partial charge is 0.444 e. The van der Waals surface area contributed by atoms with E-state index in [1.54, 1.807) is 52.6 Å². The third-order valence-corrected chi connectivity index (χ3v) is 6.45. The summed E-state index contributed by atoms with van der Waals surface area (Å²) in [5.74, 6) is 0.0825. The third kappa shape index (κ3) is 8.79. The van der Waals surface area contributed by atoms with Crippen LogP contribution in [0.3, 0.4) is 0 Å². The van der Waals surface area contributed by atoms with Crippen LogP contribution in [-0.4, -0.2) is 76.0 Å². The first-order chi connectivity index (χ1) is 18.3. The lowest BCUT2D eigenvalue weighted by Gasteiger charge is -2.35. The third-order valence-electron chi connectivity index (χ3n) is 5.67. The molecule has 1 aliphatic heterocycles. The minimum atomic E-state index is -0.881. The van der Waals surface area contributed by atoms with Crippen molar-refractivity contribution < 1.29 is 28.6 Å². The van der Waals surface area contributed by atoms with Crippen LogP contribution < -0.4 is 4.90 Å². The van der Waals surface area contributed by atoms with E-state index in [0.717, 1.165) is 21.2 Å². The van der Waals surface area contributed by atoms with E-state index in [0.29, 0.717) is 37.2 Å². The summed E-state index contributed by atoms with van der Waals surface area (Å²) in [6, 6.07) is 5.98. The molecule has 2 aromatic rings. The zero-order chi connectivity index (χ0) is 30.0. The van der Waals surface area contributed by atoms with E-state index >= 15 is 0 Å². The van der Waals surface area contributed by atoms with Gasteiger partial charge in [0.05, 0.1) is 4.47 Å². The van der Waals surface area contributed by atoms with Gasteiger partial charge in [0.15, 0.2) is 5.82 Å². The van der Waals surface area contributed by atoms with Gasteiger partial charge in [0.25, 0.3) is 0 Å². The monoisotopic (exact) mass is 620 g/mol. The van der Waals surface area contributed by atoms with E-state index in [1.807, 2.05) is 39.0 Å². The maximum absolute atomic E-state index is 13.2. The van der Waals surface area contributed by atoms with Crippen LogP contribution in [-0.2, 0) is 20.8 Å². The van der Waals surface area contributed by atoms with Crippen molar-refractivity contribution in [2.24, 2.45) is 0 Å². The summed E-state index contributed by atoms with van der Waals surface area (Å²) in [6.45, 7) is 19.2. The lowest BCUT2D eigenvalue weighted by atomic mass is 10.1. The number of ether oxygens (including phenoxy) is 3. The SMILES string of the molecule is CC(C)(C)OC(=O)N1CCN(Cc2ccc3cnc(N(C(=O)OC(C)(C)C)C(=O)OC(C)(C)C)c(Br)c3c2)CC1. The van der Waals surface area contributed by atoms with E-state index in [2.05, 4.69) is 25.8 Å². The minimum absolute atomic E-state index is 0.0825. The summed E-state index contributed by atoms with van der Waals surface area (Å²) in [4.78, 5) is 48.0. The van der Waals surface area contributed by atoms with Crippen LogP contribution in [0, 0.1) is 0 Å². The van der Waals surface area contributed by atoms with Crippen molar-refractivity contribution in [3.05, 3.63) is 34.4 Å². The molecule has 1 aromatic heterocycles. The van der Waals surface area contributed by atoms with Crippen molar-refractivity contribution in [3.63, 3.8) is 0 Å². The number of imide groups is 1. The second-order valence-electron chi connectivity index (χ2n) is 12.9. The second kappa shape index (κ2) is 11.9. The molecule has 1 aliphatic rings. The van der Waals surface area contributed by atoms with Gasteiger partial charge in [0, 0.05) is 49.7 Å². The van der Waals surface area contributed by atoms with Gasteiger partial charge < -0.3 is 19.1 Å². The summed E-state index contributed by atoms with van der Waals surface area (Å²) < 4.78 is 17.0. The lowest BCUT2D eigenvalue weighted by Crippen LogP contribution is -2.49. The van der Waals surface area contributed by atoms with E-state index < -0.39 is 29.0 Å². The molecule has 0 bridgehead atoms. The Labute approximate surface area is 245 Å². The average Bonchev–Trinajstić information content (AvgIpc) is 2.78. The molecule has 10 nitrogen and oxygen atoms in total. The summed E-state index contributed by atoms with van der Waals surface area (Å²) in [5.41, 5.74) is -1.15. The standard InChI is InChI=1S/C29H41BrN4O6/c1-27(2,3)38-24(35)33-14-12-32(13-15-33)18-19-10-11-20-17-31-23(22(30)21(20)16-19)34(25(36)39-28(4,5)6)26(37)40-29(7,8)9/h10-11,16-17H,12-15,18H2,1-9H3. The number of halogens is 1. The van der Waals surface area contributed by atoms with Gasteiger partial charge in [-0.25, -0.2) is 19.4 Å². The fourth-order valence-electron chi connectivity index (χ4n) is 4.00. The zero-order valence-corrected chi connectivity index (χ0v) is 26.5. The Morgan fingerprint density at radius 2 is 1.38 bits per heavy atom. The number of nitrogens with zero attached hydrogens (tertiary/aromatic N) is 4. The van der Waals surface area contributed by atoms with Gasteiger partial charge in [-0.3, -0.25) is 4.90 Å². The molecule has 0 unspecified atom stereocenters. The van der Waals surface area contributed by atoms with Crippen LogP contribution >= 0.6 is 15.9 Å². The number of benzene rings is 1. The van der Waals surface area contributed by atoms with Gasteiger partial charge >= 0.3 is 18.3 Å². The molecule has 1 aromatic carbocycles. The molecule has 1 saturated heterocycles. The average molecular weight is 622 g/mol. The number of carbonyl (C=O) groups excluding carboxylic acids is 3. The maximum Gasteiger partial charge on any atom is 0.425 e. The highest BCUT2D eigenvalue weighted by atomic mass is 79.9. The molecule has 0 saturated carbocycles. The first-order valence-electron chi connectivity index (χ1n) is 13.4. The number of piperazine rings is 1. The first-order valence-corrected chi connectivity index (χ1v) is 14.2. The number of anilines is 1. The van der Waals surface area contributed by atoms with Crippen LogP contribution in [0.4, 0.5) is 20.2 Å². The summed E-state index contributed by atoms with van der Waals surface area (Å²) in [7, 11) is 0. The smallest absolute Gasteiger partial charge is 0.425 e. The molecule has 3 rings (SSSR count). The maximum atomic E-state index is 13.2. The van der Waals surface area contributed by atoms with Crippen molar-refractivity contribution in [2.75, 3.05) is 31.1 Å². The first kappa shape index (κ1) is 31.6. The lowest BCUT2D eigenvalue weighted by molar-refractivity contribution is 0.0138. The number of hydrogen-bond donors (Lipinski definition) is 0. The van der Waals surface area contributed by atoms with E-state index in [9.17, 15) is 14.4 Å². The number of amides is 3. The molecule has 220 valence electrons. The number of aromatic nitrogens is 1. The number of rotatable bonds is 3. The molecule has 0 aliphatic carbocycles. The molecule has 0 radical (unpaired) electrons. The fourth-order valence-corrected chi connectivity index (χ4v) is 4.63. The topological polar surface area (TPSA) is 102 Å². The Morgan fingerprint density at radius 1 is 0.850 bits per heavy atom. The summed E-state index contributed by atoms with van der Waals surface area (Å²) in [6.07, 6.45) is -0.441. The molecular weight excluding hydrogens is 580 g/mol. The Bertz CT molecular complexity index is 1230. The predicted octanol–water partition coefficient (Wildman–Crippen LogP) is 6.73. The molecule has 1 fully saturated rings. The zero-order valence-electron chi connectivity index (χ0n) is 25.0. The number of carbonyl (C=O) groups is 3. The van der Waals surface area contributed by atoms with Crippen LogP contribution in [0.15, 0.2) is 28.9 Å². The molecule has 0 N–H and O–H groups in total. The van der Waals surface area contributed by atoms with E-state index in [-0.39, 0.29) is 11.9 Å². The molecule has 3 amide bonds. The van der Waals surface area contributed by atoms with Gasteiger partial charge in [0.1, 0.15) is 16.8 Å². The number of fused-ring (bicyclic) bond motifs is 1. The highest BCUT2D eigenvalue weighted by molar-refractivity contribution is 9.10. The van der Waals surface area contributed by atoms with Crippen molar-refractivity contribution in [1.29, 1.82) is 0 Å². The Morgan fingerprint density at radius 3 is 1.88 bits per heavy atom. The Balaban J connectivity index is 1.84. The van der Waals surface area contributed by atoms with Crippen molar-refractivity contribution >= 4 is 50.8 Å². The summed E-state index contributed by atoms with van der Waals surface area (Å²) >= 11 is 3.59. The molecule has 0 atom stereocenters. The highest BCUT2D eigenvalue weighted by Gasteiger charge is 2.35. The van der Waals surface area contributed by atoms with Crippen molar-refractivity contribution in [1.82, 2.24) is 14.8 Å². The Kier molecular flexibility index (Phi) is 9.40. The van der Waals surface area contributed by atoms with Crippen LogP contribution in [0.2, 0.25) is 0 Å². The van der Waals surface area contributed by atoms with Gasteiger partial charge in [-0.1, -0.05) is 12.1 Å². The van der Waals surface area contributed by atoms with Crippen molar-refractivity contribution in [3.8, 4) is 0 Å². The Hall–Kier alpha value is -2.92. The van der Waals surface area contributed by atoms with Crippen LogP contribution in [0.25, 0.3) is 10.8 Å². The molecule has 11 heteroatoms. The summed E-state index contributed by atoms with van der Waals surface area (Å²) in [5, 5.41) is 1.62. The number of pyridine rings is 1.